The van der Waals surface area contributed by atoms with Crippen LogP contribution in [0.3, 0.4) is 0 Å². The van der Waals surface area contributed by atoms with Gasteiger partial charge in [-0.3, -0.25) is 4.79 Å². The van der Waals surface area contributed by atoms with E-state index >= 15 is 0 Å². The summed E-state index contributed by atoms with van der Waals surface area (Å²) in [5.74, 6) is -0.0815. The Labute approximate surface area is 301 Å². The molecule has 0 saturated carbocycles. The van der Waals surface area contributed by atoms with E-state index in [-0.39, 0.29) is 12.2 Å². The first-order valence-electron chi connectivity index (χ1n) is 18.6. The number of rotatable bonds is 24. The van der Waals surface area contributed by atoms with Gasteiger partial charge in [-0.15, -0.1) is 0 Å². The van der Waals surface area contributed by atoms with Crippen LogP contribution in [-0.2, 0) is 20.7 Å². The fourth-order valence-corrected chi connectivity index (χ4v) is 6.15. The van der Waals surface area contributed by atoms with E-state index in [1.54, 1.807) is 43.3 Å². The summed E-state index contributed by atoms with van der Waals surface area (Å²) in [6.45, 7) is 2.82. The summed E-state index contributed by atoms with van der Waals surface area (Å²) < 4.78 is 30.7. The molecule has 12 heteroatoms. The number of carbonyl (C=O) groups excluding carboxylic acids is 1. The van der Waals surface area contributed by atoms with Crippen LogP contribution in [0.2, 0.25) is 0 Å². The summed E-state index contributed by atoms with van der Waals surface area (Å²) in [5, 5.41) is 64.9. The summed E-state index contributed by atoms with van der Waals surface area (Å²) in [4.78, 5) is 13.2. The number of aryl methyl sites for hydroxylation is 1. The fraction of sp³-hybridized carbons (Fsp3) is 0.667. The molecule has 51 heavy (non-hydrogen) atoms. The van der Waals surface area contributed by atoms with Crippen LogP contribution in [0.15, 0.2) is 42.5 Å². The van der Waals surface area contributed by atoms with Gasteiger partial charge in [0.25, 0.3) is 0 Å². The molecule has 7 N–H and O–H groups in total. The number of amides is 1. The van der Waals surface area contributed by atoms with E-state index < -0.39 is 68.1 Å². The summed E-state index contributed by atoms with van der Waals surface area (Å²) in [5.41, 5.74) is 1.12. The van der Waals surface area contributed by atoms with E-state index in [9.17, 15) is 39.8 Å². The molecular weight excluding hydrogens is 661 g/mol. The van der Waals surface area contributed by atoms with Gasteiger partial charge in [0.2, 0.25) is 5.91 Å². The average Bonchev–Trinajstić information content (AvgIpc) is 3.12. The van der Waals surface area contributed by atoms with Crippen molar-refractivity contribution in [1.82, 2.24) is 5.32 Å². The lowest BCUT2D eigenvalue weighted by Crippen LogP contribution is -2.60. The number of nitrogens with one attached hydrogen (secondary N) is 1. The summed E-state index contributed by atoms with van der Waals surface area (Å²) in [6.07, 6.45) is 3.95. The molecule has 2 aromatic carbocycles. The van der Waals surface area contributed by atoms with E-state index in [1.165, 1.54) is 57.4 Å². The lowest BCUT2D eigenvalue weighted by Gasteiger charge is -2.40. The number of ether oxygens (including phenoxy) is 3. The van der Waals surface area contributed by atoms with Gasteiger partial charge in [0, 0.05) is 6.07 Å². The van der Waals surface area contributed by atoms with Crippen molar-refractivity contribution in [3.8, 4) is 11.5 Å². The van der Waals surface area contributed by atoms with Crippen LogP contribution in [0.4, 0.5) is 4.39 Å². The first kappa shape index (κ1) is 42.7. The van der Waals surface area contributed by atoms with Crippen molar-refractivity contribution in [2.24, 2.45) is 0 Å². The molecule has 11 nitrogen and oxygen atoms in total. The molecule has 0 aliphatic carbocycles. The quantitative estimate of drug-likeness (QED) is 0.0760. The highest BCUT2D eigenvalue weighted by Crippen LogP contribution is 2.25. The number of carbonyl (C=O) groups is 1. The van der Waals surface area contributed by atoms with E-state index in [2.05, 4.69) is 12.2 Å². The van der Waals surface area contributed by atoms with Gasteiger partial charge in [-0.1, -0.05) is 102 Å². The zero-order chi connectivity index (χ0) is 37.2. The maximum Gasteiger partial charge on any atom is 0.224 e. The van der Waals surface area contributed by atoms with Crippen molar-refractivity contribution in [2.45, 2.75) is 153 Å². The molecule has 1 heterocycles. The first-order valence-corrected chi connectivity index (χ1v) is 18.6. The monoisotopic (exact) mass is 721 g/mol. The fourth-order valence-electron chi connectivity index (χ4n) is 6.15. The number of aliphatic hydroxyl groups is 6. The Balaban J connectivity index is 1.53. The summed E-state index contributed by atoms with van der Waals surface area (Å²) in [6, 6.07) is 10.1. The topological polar surface area (TPSA) is 178 Å². The highest BCUT2D eigenvalue weighted by Gasteiger charge is 2.44. The third kappa shape index (κ3) is 14.7. The molecule has 1 saturated heterocycles. The molecule has 0 radical (unpaired) electrons. The van der Waals surface area contributed by atoms with Crippen molar-refractivity contribution in [3.63, 3.8) is 0 Å². The Bertz CT molecular complexity index is 1270. The van der Waals surface area contributed by atoms with E-state index in [1.807, 2.05) is 0 Å². The van der Waals surface area contributed by atoms with Gasteiger partial charge in [-0.05, 0) is 42.7 Å². The van der Waals surface area contributed by atoms with Crippen molar-refractivity contribution < 1.29 is 54.0 Å². The van der Waals surface area contributed by atoms with Gasteiger partial charge in [-0.2, -0.15) is 0 Å². The lowest BCUT2D eigenvalue weighted by atomic mass is 9.98. The maximum absolute atomic E-state index is 13.9. The van der Waals surface area contributed by atoms with Crippen molar-refractivity contribution in [2.75, 3.05) is 13.2 Å². The normalized spacial score (nSPS) is 22.3. The van der Waals surface area contributed by atoms with Gasteiger partial charge in [0.05, 0.1) is 31.8 Å². The highest BCUT2D eigenvalue weighted by molar-refractivity contribution is 5.79. The predicted molar refractivity (Wildman–Crippen MR) is 191 cm³/mol. The Morgan fingerprint density at radius 2 is 1.43 bits per heavy atom. The zero-order valence-corrected chi connectivity index (χ0v) is 30.2. The third-order valence-electron chi connectivity index (χ3n) is 9.46. The summed E-state index contributed by atoms with van der Waals surface area (Å²) >= 11 is 0. The Hall–Kier alpha value is -2.68. The second-order valence-electron chi connectivity index (χ2n) is 13.8. The minimum atomic E-state index is -1.67. The van der Waals surface area contributed by atoms with E-state index in [0.29, 0.717) is 35.5 Å². The molecule has 1 amide bonds. The van der Waals surface area contributed by atoms with E-state index in [0.717, 1.165) is 19.3 Å². The van der Waals surface area contributed by atoms with Crippen LogP contribution in [0, 0.1) is 12.7 Å². The maximum atomic E-state index is 13.9. The molecule has 2 unspecified atom stereocenters. The van der Waals surface area contributed by atoms with Crippen molar-refractivity contribution >= 4 is 5.91 Å². The smallest absolute Gasteiger partial charge is 0.224 e. The largest absolute Gasteiger partial charge is 0.457 e. The molecule has 0 spiro atoms. The van der Waals surface area contributed by atoms with Crippen molar-refractivity contribution in [3.05, 3.63) is 59.4 Å². The molecule has 2 aromatic rings. The van der Waals surface area contributed by atoms with Crippen LogP contribution in [0.5, 0.6) is 11.5 Å². The predicted octanol–water partition coefficient (Wildman–Crippen LogP) is 4.58. The second kappa shape index (κ2) is 23.1. The average molecular weight is 722 g/mol. The van der Waals surface area contributed by atoms with Crippen LogP contribution in [0.25, 0.3) is 0 Å². The number of aliphatic hydroxyl groups excluding tert-OH is 6. The number of hydrogen-bond acceptors (Lipinski definition) is 10. The van der Waals surface area contributed by atoms with Gasteiger partial charge in [-0.25, -0.2) is 4.39 Å². The van der Waals surface area contributed by atoms with Crippen LogP contribution >= 0.6 is 0 Å². The van der Waals surface area contributed by atoms with Gasteiger partial charge < -0.3 is 50.2 Å². The number of halogens is 1. The van der Waals surface area contributed by atoms with Crippen LogP contribution in [0.1, 0.15) is 102 Å². The SMILES string of the molecule is CCCCCCCCCCCCCC[C@@H](O)[C@@H](O)[C@H](CO[C@H]1OC(CO)[C@H](O)[C@H](O)C1O)NC(=O)Cc1ccc(Oc2ccc(C)c(F)c2)cc1. The molecule has 8 atom stereocenters. The first-order chi connectivity index (χ1) is 24.5. The Morgan fingerprint density at radius 3 is 2.02 bits per heavy atom. The van der Waals surface area contributed by atoms with Crippen molar-refractivity contribution in [1.29, 1.82) is 0 Å². The Kier molecular flexibility index (Phi) is 19.3. The number of benzene rings is 2. The molecule has 1 fully saturated rings. The van der Waals surface area contributed by atoms with Gasteiger partial charge >= 0.3 is 0 Å². The molecule has 0 bridgehead atoms. The lowest BCUT2D eigenvalue weighted by molar-refractivity contribution is -0.303. The number of hydrogen-bond donors (Lipinski definition) is 7. The Morgan fingerprint density at radius 1 is 0.843 bits per heavy atom. The number of unbranched alkanes of at least 4 members (excludes halogenated alkanes) is 11. The molecule has 0 aromatic heterocycles. The van der Waals surface area contributed by atoms with Gasteiger partial charge in [0.15, 0.2) is 6.29 Å². The van der Waals surface area contributed by atoms with E-state index in [4.69, 9.17) is 14.2 Å². The third-order valence-corrected chi connectivity index (χ3v) is 9.46. The van der Waals surface area contributed by atoms with Gasteiger partial charge in [0.1, 0.15) is 47.8 Å². The summed E-state index contributed by atoms with van der Waals surface area (Å²) in [7, 11) is 0. The molecule has 3 rings (SSSR count). The minimum Gasteiger partial charge on any atom is -0.457 e. The zero-order valence-electron chi connectivity index (χ0n) is 30.2. The highest BCUT2D eigenvalue weighted by atomic mass is 19.1. The molecule has 1 aliphatic rings. The van der Waals surface area contributed by atoms with Crippen LogP contribution in [-0.4, -0.2) is 98.7 Å². The standard InChI is InChI=1S/C39H60FNO10/c1-3-4-5-6-7-8-9-10-11-12-13-14-15-32(43)35(45)31(25-49-39-38(48)37(47)36(46)33(24-42)51-39)41-34(44)22-27-17-20-28(21-18-27)50-29-19-16-26(2)30(40)23-29/h16-21,23,31-33,35-39,42-43,45-48H,3-15,22,24-25H2,1-2H3,(H,41,44)/t31-,32+,33?,35-,36-,37-,38?,39-/m0/s1. The molecule has 288 valence electrons. The van der Waals surface area contributed by atoms with Crippen LogP contribution < -0.4 is 10.1 Å². The molecular formula is C39H60FNO10. The minimum absolute atomic E-state index is 0.0858. The molecule has 1 aliphatic heterocycles. The second-order valence-corrected chi connectivity index (χ2v) is 13.8.